The molecule has 17 heavy (non-hydrogen) atoms. The molecule has 1 aliphatic carbocycles. The largest absolute Gasteiger partial charge is 0.494 e. The van der Waals surface area contributed by atoms with Gasteiger partial charge in [0.05, 0.1) is 6.61 Å². The van der Waals surface area contributed by atoms with E-state index >= 15 is 0 Å². The van der Waals surface area contributed by atoms with Gasteiger partial charge in [-0.15, -0.1) is 0 Å². The molecule has 0 aromatic heterocycles. The lowest BCUT2D eigenvalue weighted by molar-refractivity contribution is 0.101. The first-order valence-corrected chi connectivity index (χ1v) is 7.03. The van der Waals surface area contributed by atoms with Crippen LogP contribution in [0.2, 0.25) is 0 Å². The van der Waals surface area contributed by atoms with Gasteiger partial charge in [-0.3, -0.25) is 0 Å². The molecule has 0 saturated heterocycles. The summed E-state index contributed by atoms with van der Waals surface area (Å²) in [5, 5.41) is 9.49. The van der Waals surface area contributed by atoms with Crippen molar-refractivity contribution in [1.29, 1.82) is 0 Å². The van der Waals surface area contributed by atoms with Gasteiger partial charge < -0.3 is 9.84 Å². The number of hydrogen-bond acceptors (Lipinski definition) is 2. The molecular weight excluding hydrogens is 280 g/mol. The van der Waals surface area contributed by atoms with Gasteiger partial charge in [-0.25, -0.2) is 0 Å². The maximum absolute atomic E-state index is 9.49. The summed E-state index contributed by atoms with van der Waals surface area (Å²) in [5.41, 5.74) is 0.134. The molecule has 94 valence electrons. The van der Waals surface area contributed by atoms with Crippen molar-refractivity contribution < 1.29 is 9.84 Å². The Morgan fingerprint density at radius 3 is 2.41 bits per heavy atom. The monoisotopic (exact) mass is 298 g/mol. The Hall–Kier alpha value is -0.540. The molecule has 0 bridgehead atoms. The number of aliphatic hydroxyl groups is 1. The number of hydrogen-bond donors (Lipinski definition) is 1. The molecule has 1 aliphatic rings. The average molecular weight is 299 g/mol. The number of halogens is 1. The maximum Gasteiger partial charge on any atom is 0.119 e. The zero-order valence-electron chi connectivity index (χ0n) is 9.99. The standard InChI is InChI=1S/C14H19BrO2/c15-12-3-5-13(6-4-12)17-10-9-14(11-16)7-1-2-8-14/h3-6,16H,1-2,7-11H2. The van der Waals surface area contributed by atoms with Crippen molar-refractivity contribution >= 4 is 15.9 Å². The summed E-state index contributed by atoms with van der Waals surface area (Å²) in [7, 11) is 0. The molecule has 1 N–H and O–H groups in total. The Kier molecular flexibility index (Phi) is 4.46. The van der Waals surface area contributed by atoms with Crippen LogP contribution in [-0.4, -0.2) is 18.3 Å². The highest BCUT2D eigenvalue weighted by Crippen LogP contribution is 2.40. The number of benzene rings is 1. The first kappa shape index (κ1) is 12.9. The predicted octanol–water partition coefficient (Wildman–Crippen LogP) is 3.77. The fraction of sp³-hybridized carbons (Fsp3) is 0.571. The van der Waals surface area contributed by atoms with Crippen molar-refractivity contribution in [3.05, 3.63) is 28.7 Å². The molecule has 0 spiro atoms. The van der Waals surface area contributed by atoms with Gasteiger partial charge in [0, 0.05) is 11.1 Å². The van der Waals surface area contributed by atoms with Crippen molar-refractivity contribution in [3.8, 4) is 5.75 Å². The van der Waals surface area contributed by atoms with E-state index in [1.165, 1.54) is 12.8 Å². The summed E-state index contributed by atoms with van der Waals surface area (Å²) in [6, 6.07) is 7.88. The van der Waals surface area contributed by atoms with Gasteiger partial charge in [0.15, 0.2) is 0 Å². The second kappa shape index (κ2) is 5.87. The van der Waals surface area contributed by atoms with Crippen LogP contribution in [0.3, 0.4) is 0 Å². The molecule has 1 saturated carbocycles. The van der Waals surface area contributed by atoms with Crippen molar-refractivity contribution in [2.75, 3.05) is 13.2 Å². The first-order chi connectivity index (χ1) is 8.24. The van der Waals surface area contributed by atoms with E-state index in [1.807, 2.05) is 24.3 Å². The SMILES string of the molecule is OCC1(CCOc2ccc(Br)cc2)CCCC1. The highest BCUT2D eigenvalue weighted by molar-refractivity contribution is 9.10. The Morgan fingerprint density at radius 1 is 1.18 bits per heavy atom. The highest BCUT2D eigenvalue weighted by Gasteiger charge is 2.32. The molecule has 0 unspecified atom stereocenters. The molecular formula is C14H19BrO2. The van der Waals surface area contributed by atoms with Crippen molar-refractivity contribution in [2.24, 2.45) is 5.41 Å². The fourth-order valence-electron chi connectivity index (χ4n) is 2.53. The third-order valence-electron chi connectivity index (χ3n) is 3.71. The van der Waals surface area contributed by atoms with Gasteiger partial charge in [-0.05, 0) is 48.9 Å². The van der Waals surface area contributed by atoms with E-state index in [4.69, 9.17) is 4.74 Å². The van der Waals surface area contributed by atoms with Crippen LogP contribution in [0.15, 0.2) is 28.7 Å². The highest BCUT2D eigenvalue weighted by atomic mass is 79.9. The average Bonchev–Trinajstić information content (AvgIpc) is 2.81. The van der Waals surface area contributed by atoms with E-state index in [2.05, 4.69) is 15.9 Å². The molecule has 1 aromatic rings. The minimum Gasteiger partial charge on any atom is -0.494 e. The van der Waals surface area contributed by atoms with Crippen molar-refractivity contribution in [2.45, 2.75) is 32.1 Å². The zero-order valence-corrected chi connectivity index (χ0v) is 11.6. The topological polar surface area (TPSA) is 29.5 Å². The summed E-state index contributed by atoms with van der Waals surface area (Å²) in [4.78, 5) is 0. The summed E-state index contributed by atoms with van der Waals surface area (Å²) < 4.78 is 6.78. The van der Waals surface area contributed by atoms with Crippen molar-refractivity contribution in [3.63, 3.8) is 0 Å². The Balaban J connectivity index is 1.80. The van der Waals surface area contributed by atoms with E-state index in [9.17, 15) is 5.11 Å². The maximum atomic E-state index is 9.49. The van der Waals surface area contributed by atoms with E-state index in [0.29, 0.717) is 13.2 Å². The Bertz CT molecular complexity index is 342. The predicted molar refractivity (Wildman–Crippen MR) is 72.2 cm³/mol. The molecule has 0 atom stereocenters. The van der Waals surface area contributed by atoms with Gasteiger partial charge in [0.1, 0.15) is 5.75 Å². The summed E-state index contributed by atoms with van der Waals surface area (Å²) in [6.45, 7) is 0.999. The zero-order chi connectivity index (χ0) is 12.1. The molecule has 2 nitrogen and oxygen atoms in total. The number of ether oxygens (including phenoxy) is 1. The van der Waals surface area contributed by atoms with Crippen LogP contribution < -0.4 is 4.74 Å². The van der Waals surface area contributed by atoms with Crippen LogP contribution in [0, 0.1) is 5.41 Å². The van der Waals surface area contributed by atoms with E-state index in [-0.39, 0.29) is 5.41 Å². The second-order valence-electron chi connectivity index (χ2n) is 4.92. The lowest BCUT2D eigenvalue weighted by Gasteiger charge is -2.26. The van der Waals surface area contributed by atoms with Gasteiger partial charge in [0.25, 0.3) is 0 Å². The smallest absolute Gasteiger partial charge is 0.119 e. The van der Waals surface area contributed by atoms with Crippen LogP contribution in [0.5, 0.6) is 5.75 Å². The van der Waals surface area contributed by atoms with Crippen LogP contribution in [0.1, 0.15) is 32.1 Å². The van der Waals surface area contributed by atoms with Gasteiger partial charge in [-0.2, -0.15) is 0 Å². The van der Waals surface area contributed by atoms with E-state index < -0.39 is 0 Å². The minimum absolute atomic E-state index is 0.134. The quantitative estimate of drug-likeness (QED) is 0.897. The second-order valence-corrected chi connectivity index (χ2v) is 5.83. The molecule has 0 aliphatic heterocycles. The van der Waals surface area contributed by atoms with Gasteiger partial charge >= 0.3 is 0 Å². The molecule has 0 heterocycles. The van der Waals surface area contributed by atoms with Crippen LogP contribution >= 0.6 is 15.9 Å². The third-order valence-corrected chi connectivity index (χ3v) is 4.24. The molecule has 2 rings (SSSR count). The molecule has 0 amide bonds. The van der Waals surface area contributed by atoms with Crippen molar-refractivity contribution in [1.82, 2.24) is 0 Å². The molecule has 0 radical (unpaired) electrons. The van der Waals surface area contributed by atoms with Crippen LogP contribution in [-0.2, 0) is 0 Å². The Labute approximate surface area is 111 Å². The molecule has 1 fully saturated rings. The van der Waals surface area contributed by atoms with E-state index in [1.54, 1.807) is 0 Å². The van der Waals surface area contributed by atoms with Gasteiger partial charge in [-0.1, -0.05) is 28.8 Å². The van der Waals surface area contributed by atoms with Crippen LogP contribution in [0.4, 0.5) is 0 Å². The third kappa shape index (κ3) is 3.46. The fourth-order valence-corrected chi connectivity index (χ4v) is 2.79. The summed E-state index contributed by atoms with van der Waals surface area (Å²) in [6.07, 6.45) is 5.75. The van der Waals surface area contributed by atoms with Gasteiger partial charge in [0.2, 0.25) is 0 Å². The normalized spacial score (nSPS) is 18.2. The summed E-state index contributed by atoms with van der Waals surface area (Å²) in [5.74, 6) is 0.902. The molecule has 1 aromatic carbocycles. The van der Waals surface area contributed by atoms with E-state index in [0.717, 1.165) is 29.5 Å². The lowest BCUT2D eigenvalue weighted by Crippen LogP contribution is -2.24. The first-order valence-electron chi connectivity index (χ1n) is 6.23. The number of rotatable bonds is 5. The lowest BCUT2D eigenvalue weighted by atomic mass is 9.84. The molecule has 3 heteroatoms. The number of aliphatic hydroxyl groups excluding tert-OH is 1. The minimum atomic E-state index is 0.134. The Morgan fingerprint density at radius 2 is 1.82 bits per heavy atom. The summed E-state index contributed by atoms with van der Waals surface area (Å²) >= 11 is 3.40. The van der Waals surface area contributed by atoms with Crippen LogP contribution in [0.25, 0.3) is 0 Å².